The molecule has 3 rings (SSSR count). The summed E-state index contributed by atoms with van der Waals surface area (Å²) < 4.78 is 33.0. The van der Waals surface area contributed by atoms with Crippen LogP contribution >= 0.6 is 27.5 Å². The van der Waals surface area contributed by atoms with Crippen LogP contribution < -0.4 is 4.74 Å². The van der Waals surface area contributed by atoms with Gasteiger partial charge in [0.25, 0.3) is 5.91 Å². The zero-order valence-corrected chi connectivity index (χ0v) is 17.5. The number of benzene rings is 2. The summed E-state index contributed by atoms with van der Waals surface area (Å²) in [4.78, 5) is 14.2. The number of halogens is 2. The first-order valence-electron chi connectivity index (χ1n) is 8.29. The highest BCUT2D eigenvalue weighted by atomic mass is 79.9. The number of carbonyl (C=O) groups excluding carboxylic acids is 1. The summed E-state index contributed by atoms with van der Waals surface area (Å²) in [5.74, 6) is 0.226. The quantitative estimate of drug-likeness (QED) is 0.669. The second kappa shape index (κ2) is 8.60. The number of piperazine rings is 1. The Morgan fingerprint density at radius 2 is 1.74 bits per heavy atom. The van der Waals surface area contributed by atoms with Crippen molar-refractivity contribution in [1.82, 2.24) is 9.21 Å². The molecule has 1 saturated heterocycles. The Morgan fingerprint density at radius 3 is 2.37 bits per heavy atom. The van der Waals surface area contributed by atoms with Crippen molar-refractivity contribution in [2.45, 2.75) is 4.90 Å². The zero-order valence-electron chi connectivity index (χ0n) is 14.3. The smallest absolute Gasteiger partial charge is 0.260 e. The number of ether oxygens (including phenoxy) is 1. The fourth-order valence-electron chi connectivity index (χ4n) is 2.74. The lowest BCUT2D eigenvalue weighted by atomic mass is 10.3. The molecule has 1 heterocycles. The molecule has 2 aromatic rings. The Hall–Kier alpha value is -1.61. The topological polar surface area (TPSA) is 66.9 Å². The molecule has 0 radical (unpaired) electrons. The van der Waals surface area contributed by atoms with Crippen LogP contribution in [0.3, 0.4) is 0 Å². The van der Waals surface area contributed by atoms with Crippen LogP contribution in [0.1, 0.15) is 0 Å². The van der Waals surface area contributed by atoms with Crippen LogP contribution in [0.25, 0.3) is 0 Å². The monoisotopic (exact) mass is 472 g/mol. The molecule has 1 aliphatic rings. The maximum Gasteiger partial charge on any atom is 0.260 e. The van der Waals surface area contributed by atoms with Gasteiger partial charge in [-0.15, -0.1) is 0 Å². The molecule has 27 heavy (non-hydrogen) atoms. The maximum absolute atomic E-state index is 12.6. The van der Waals surface area contributed by atoms with Gasteiger partial charge in [-0.3, -0.25) is 4.79 Å². The van der Waals surface area contributed by atoms with Crippen LogP contribution in [-0.4, -0.2) is 56.3 Å². The van der Waals surface area contributed by atoms with E-state index in [0.29, 0.717) is 23.9 Å². The normalized spacial score (nSPS) is 15.6. The molecule has 0 bridgehead atoms. The van der Waals surface area contributed by atoms with Gasteiger partial charge in [0.2, 0.25) is 10.0 Å². The molecule has 1 amide bonds. The summed E-state index contributed by atoms with van der Waals surface area (Å²) >= 11 is 9.38. The Kier molecular flexibility index (Phi) is 6.41. The number of carbonyl (C=O) groups is 1. The van der Waals surface area contributed by atoms with Crippen molar-refractivity contribution in [1.29, 1.82) is 0 Å². The summed E-state index contributed by atoms with van der Waals surface area (Å²) in [6.07, 6.45) is 0. The van der Waals surface area contributed by atoms with Crippen molar-refractivity contribution in [2.75, 3.05) is 32.8 Å². The minimum Gasteiger partial charge on any atom is -0.482 e. The second-order valence-electron chi connectivity index (χ2n) is 5.96. The van der Waals surface area contributed by atoms with E-state index in [0.717, 1.165) is 4.47 Å². The first-order valence-corrected chi connectivity index (χ1v) is 10.9. The summed E-state index contributed by atoms with van der Waals surface area (Å²) in [6.45, 7) is 1.00. The molecule has 0 N–H and O–H groups in total. The van der Waals surface area contributed by atoms with E-state index in [1.165, 1.54) is 4.31 Å². The minimum absolute atomic E-state index is 0.146. The van der Waals surface area contributed by atoms with Gasteiger partial charge in [0.05, 0.1) is 9.92 Å². The molecule has 0 aliphatic carbocycles. The Bertz CT molecular complexity index is 916. The number of sulfonamides is 1. The van der Waals surface area contributed by atoms with Crippen LogP contribution in [0.5, 0.6) is 5.75 Å². The molecule has 0 saturated carbocycles. The molecule has 9 heteroatoms. The lowest BCUT2D eigenvalue weighted by Crippen LogP contribution is -2.51. The van der Waals surface area contributed by atoms with Crippen LogP contribution in [-0.2, 0) is 14.8 Å². The Balaban J connectivity index is 1.55. The third-order valence-electron chi connectivity index (χ3n) is 4.22. The molecule has 1 aliphatic heterocycles. The number of amides is 1. The predicted octanol–water partition coefficient (Wildman–Crippen LogP) is 3.01. The van der Waals surface area contributed by atoms with Crippen LogP contribution in [0.2, 0.25) is 5.02 Å². The van der Waals surface area contributed by atoms with Crippen molar-refractivity contribution in [3.63, 3.8) is 0 Å². The lowest BCUT2D eigenvalue weighted by molar-refractivity contribution is -0.134. The van der Waals surface area contributed by atoms with Gasteiger partial charge < -0.3 is 9.64 Å². The third-order valence-corrected chi connectivity index (χ3v) is 6.92. The van der Waals surface area contributed by atoms with Gasteiger partial charge in [0.1, 0.15) is 5.75 Å². The number of hydrogen-bond acceptors (Lipinski definition) is 4. The van der Waals surface area contributed by atoms with E-state index in [2.05, 4.69) is 15.9 Å². The minimum atomic E-state index is -3.53. The van der Waals surface area contributed by atoms with Crippen LogP contribution in [0, 0.1) is 0 Å². The van der Waals surface area contributed by atoms with Gasteiger partial charge in [-0.2, -0.15) is 4.31 Å². The molecule has 0 atom stereocenters. The van der Waals surface area contributed by atoms with Crippen molar-refractivity contribution in [3.8, 4) is 5.75 Å². The van der Waals surface area contributed by atoms with Crippen molar-refractivity contribution in [2.24, 2.45) is 0 Å². The fraction of sp³-hybridized carbons (Fsp3) is 0.278. The summed E-state index contributed by atoms with van der Waals surface area (Å²) in [5, 5.41) is 0.413. The molecule has 2 aromatic carbocycles. The van der Waals surface area contributed by atoms with Crippen molar-refractivity contribution in [3.05, 3.63) is 58.0 Å². The SMILES string of the molecule is O=C(COc1ccc(Br)cc1Cl)N1CCN(S(=O)(=O)c2ccccc2)CC1. The molecule has 0 aromatic heterocycles. The average molecular weight is 474 g/mol. The van der Waals surface area contributed by atoms with E-state index in [4.69, 9.17) is 16.3 Å². The van der Waals surface area contributed by atoms with E-state index < -0.39 is 10.0 Å². The van der Waals surface area contributed by atoms with E-state index in [-0.39, 0.29) is 30.5 Å². The summed E-state index contributed by atoms with van der Waals surface area (Å²) in [7, 11) is -3.53. The zero-order chi connectivity index (χ0) is 19.4. The fourth-order valence-corrected chi connectivity index (χ4v) is 4.91. The van der Waals surface area contributed by atoms with Gasteiger partial charge >= 0.3 is 0 Å². The first-order chi connectivity index (χ1) is 12.9. The number of nitrogens with zero attached hydrogens (tertiary/aromatic N) is 2. The van der Waals surface area contributed by atoms with Gasteiger partial charge in [0, 0.05) is 30.7 Å². The molecule has 144 valence electrons. The molecular weight excluding hydrogens is 456 g/mol. The number of rotatable bonds is 5. The standard InChI is InChI=1S/C18H18BrClN2O4S/c19-14-6-7-17(16(20)12-14)26-13-18(23)21-8-10-22(11-9-21)27(24,25)15-4-2-1-3-5-15/h1-7,12H,8-11,13H2. The van der Waals surface area contributed by atoms with Gasteiger partial charge in [-0.25, -0.2) is 8.42 Å². The van der Waals surface area contributed by atoms with Crippen LogP contribution in [0.4, 0.5) is 0 Å². The Labute approximate surface area is 171 Å². The van der Waals surface area contributed by atoms with E-state index in [1.54, 1.807) is 53.4 Å². The molecule has 1 fully saturated rings. The van der Waals surface area contributed by atoms with E-state index >= 15 is 0 Å². The summed E-state index contributed by atoms with van der Waals surface area (Å²) in [5.41, 5.74) is 0. The molecular formula is C18H18BrClN2O4S. The predicted molar refractivity (Wildman–Crippen MR) is 106 cm³/mol. The average Bonchev–Trinajstić information content (AvgIpc) is 2.68. The largest absolute Gasteiger partial charge is 0.482 e. The molecule has 0 spiro atoms. The summed E-state index contributed by atoms with van der Waals surface area (Å²) in [6, 6.07) is 13.4. The Morgan fingerprint density at radius 1 is 1.07 bits per heavy atom. The van der Waals surface area contributed by atoms with Crippen molar-refractivity contribution < 1.29 is 17.9 Å². The maximum atomic E-state index is 12.6. The highest BCUT2D eigenvalue weighted by molar-refractivity contribution is 9.10. The molecule has 6 nitrogen and oxygen atoms in total. The highest BCUT2D eigenvalue weighted by Gasteiger charge is 2.30. The van der Waals surface area contributed by atoms with Crippen molar-refractivity contribution >= 4 is 43.5 Å². The third kappa shape index (κ3) is 4.82. The highest BCUT2D eigenvalue weighted by Crippen LogP contribution is 2.27. The van der Waals surface area contributed by atoms with E-state index in [1.807, 2.05) is 0 Å². The first kappa shape index (κ1) is 20.1. The van der Waals surface area contributed by atoms with E-state index in [9.17, 15) is 13.2 Å². The lowest BCUT2D eigenvalue weighted by Gasteiger charge is -2.34. The molecule has 0 unspecified atom stereocenters. The van der Waals surface area contributed by atoms with Gasteiger partial charge in [-0.1, -0.05) is 45.7 Å². The van der Waals surface area contributed by atoms with Crippen LogP contribution in [0.15, 0.2) is 57.9 Å². The second-order valence-corrected chi connectivity index (χ2v) is 9.22. The van der Waals surface area contributed by atoms with Gasteiger partial charge in [0.15, 0.2) is 6.61 Å². The number of hydrogen-bond donors (Lipinski definition) is 0. The van der Waals surface area contributed by atoms with Gasteiger partial charge in [-0.05, 0) is 30.3 Å².